The van der Waals surface area contributed by atoms with Gasteiger partial charge in [-0.15, -0.1) is 0 Å². The SMILES string of the molecule is CSc1ncc(C)n1Cc1ccccc1. The van der Waals surface area contributed by atoms with E-state index in [0.29, 0.717) is 0 Å². The van der Waals surface area contributed by atoms with Gasteiger partial charge in [0.1, 0.15) is 0 Å². The number of hydrogen-bond acceptors (Lipinski definition) is 2. The summed E-state index contributed by atoms with van der Waals surface area (Å²) in [6.45, 7) is 3.00. The fourth-order valence-corrected chi connectivity index (χ4v) is 2.15. The maximum absolute atomic E-state index is 4.36. The number of aromatic nitrogens is 2. The van der Waals surface area contributed by atoms with Gasteiger partial charge in [0.2, 0.25) is 0 Å². The third-order valence-corrected chi connectivity index (χ3v) is 3.08. The van der Waals surface area contributed by atoms with Gasteiger partial charge in [-0.05, 0) is 18.7 Å². The zero-order chi connectivity index (χ0) is 10.7. The van der Waals surface area contributed by atoms with Gasteiger partial charge in [-0.1, -0.05) is 42.1 Å². The van der Waals surface area contributed by atoms with Gasteiger partial charge in [0, 0.05) is 18.4 Å². The number of aryl methyl sites for hydroxylation is 1. The predicted molar refractivity (Wildman–Crippen MR) is 64.3 cm³/mol. The third kappa shape index (κ3) is 2.23. The summed E-state index contributed by atoms with van der Waals surface area (Å²) >= 11 is 1.69. The van der Waals surface area contributed by atoms with E-state index in [1.165, 1.54) is 11.3 Å². The Labute approximate surface area is 94.3 Å². The zero-order valence-corrected chi connectivity index (χ0v) is 9.79. The zero-order valence-electron chi connectivity index (χ0n) is 8.97. The van der Waals surface area contributed by atoms with Crippen LogP contribution in [0.15, 0.2) is 41.7 Å². The van der Waals surface area contributed by atoms with Crippen molar-refractivity contribution < 1.29 is 0 Å². The molecule has 3 heteroatoms. The quantitative estimate of drug-likeness (QED) is 0.737. The second kappa shape index (κ2) is 4.53. The molecule has 0 atom stereocenters. The lowest BCUT2D eigenvalue weighted by Crippen LogP contribution is -2.02. The Morgan fingerprint density at radius 3 is 2.67 bits per heavy atom. The normalized spacial score (nSPS) is 10.5. The molecule has 2 nitrogen and oxygen atoms in total. The Bertz CT molecular complexity index is 434. The molecular formula is C12H14N2S. The van der Waals surface area contributed by atoms with Gasteiger partial charge in [0.25, 0.3) is 0 Å². The summed E-state index contributed by atoms with van der Waals surface area (Å²) in [5.41, 5.74) is 2.53. The summed E-state index contributed by atoms with van der Waals surface area (Å²) in [4.78, 5) is 4.36. The highest BCUT2D eigenvalue weighted by Gasteiger charge is 2.05. The lowest BCUT2D eigenvalue weighted by Gasteiger charge is -2.08. The van der Waals surface area contributed by atoms with Gasteiger partial charge in [0.05, 0.1) is 0 Å². The Morgan fingerprint density at radius 2 is 2.00 bits per heavy atom. The molecule has 0 spiro atoms. The van der Waals surface area contributed by atoms with Gasteiger partial charge >= 0.3 is 0 Å². The Balaban J connectivity index is 2.27. The van der Waals surface area contributed by atoms with Gasteiger partial charge in [-0.2, -0.15) is 0 Å². The van der Waals surface area contributed by atoms with Crippen LogP contribution in [0.4, 0.5) is 0 Å². The van der Waals surface area contributed by atoms with E-state index in [4.69, 9.17) is 0 Å². The second-order valence-electron chi connectivity index (χ2n) is 3.46. The third-order valence-electron chi connectivity index (χ3n) is 2.38. The highest BCUT2D eigenvalue weighted by Crippen LogP contribution is 2.16. The summed E-state index contributed by atoms with van der Waals surface area (Å²) in [5.74, 6) is 0. The van der Waals surface area contributed by atoms with E-state index >= 15 is 0 Å². The van der Waals surface area contributed by atoms with Crippen LogP contribution in [0.3, 0.4) is 0 Å². The molecule has 2 rings (SSSR count). The first-order valence-electron chi connectivity index (χ1n) is 4.91. The molecule has 0 radical (unpaired) electrons. The van der Waals surface area contributed by atoms with Crippen molar-refractivity contribution in [2.75, 3.05) is 6.26 Å². The summed E-state index contributed by atoms with van der Waals surface area (Å²) < 4.78 is 2.24. The lowest BCUT2D eigenvalue weighted by molar-refractivity contribution is 0.689. The smallest absolute Gasteiger partial charge is 0.168 e. The molecule has 0 aliphatic carbocycles. The van der Waals surface area contributed by atoms with Crippen molar-refractivity contribution >= 4 is 11.8 Å². The molecular weight excluding hydrogens is 204 g/mol. The van der Waals surface area contributed by atoms with Crippen LogP contribution < -0.4 is 0 Å². The maximum Gasteiger partial charge on any atom is 0.168 e. The molecule has 2 aromatic rings. The van der Waals surface area contributed by atoms with Crippen molar-refractivity contribution in [1.82, 2.24) is 9.55 Å². The molecule has 0 saturated heterocycles. The van der Waals surface area contributed by atoms with Gasteiger partial charge in [0.15, 0.2) is 5.16 Å². The number of rotatable bonds is 3. The summed E-state index contributed by atoms with van der Waals surface area (Å²) in [6, 6.07) is 10.5. The predicted octanol–water partition coefficient (Wildman–Crippen LogP) is 2.96. The van der Waals surface area contributed by atoms with Crippen LogP contribution in [0.5, 0.6) is 0 Å². The molecule has 0 bridgehead atoms. The molecule has 0 aliphatic rings. The number of thioether (sulfide) groups is 1. The van der Waals surface area contributed by atoms with E-state index in [0.717, 1.165) is 11.7 Å². The van der Waals surface area contributed by atoms with E-state index in [1.807, 2.05) is 12.3 Å². The Kier molecular flexibility index (Phi) is 3.11. The largest absolute Gasteiger partial charge is 0.319 e. The molecule has 0 aliphatic heterocycles. The standard InChI is InChI=1S/C12H14N2S/c1-10-8-13-12(15-2)14(10)9-11-6-4-3-5-7-11/h3-8H,9H2,1-2H3. The molecule has 15 heavy (non-hydrogen) atoms. The highest BCUT2D eigenvalue weighted by atomic mass is 32.2. The number of nitrogens with zero attached hydrogens (tertiary/aromatic N) is 2. The number of imidazole rings is 1. The number of benzene rings is 1. The van der Waals surface area contributed by atoms with Crippen LogP contribution in [0.25, 0.3) is 0 Å². The van der Waals surface area contributed by atoms with E-state index in [-0.39, 0.29) is 0 Å². The lowest BCUT2D eigenvalue weighted by atomic mass is 10.2. The summed E-state index contributed by atoms with van der Waals surface area (Å²) in [5, 5.41) is 1.08. The second-order valence-corrected chi connectivity index (χ2v) is 4.23. The summed E-state index contributed by atoms with van der Waals surface area (Å²) in [7, 11) is 0. The molecule has 0 N–H and O–H groups in total. The first kappa shape index (κ1) is 10.3. The molecule has 1 aromatic carbocycles. The average molecular weight is 218 g/mol. The Morgan fingerprint density at radius 1 is 1.27 bits per heavy atom. The molecule has 0 amide bonds. The maximum atomic E-state index is 4.36. The molecule has 0 saturated carbocycles. The van der Waals surface area contributed by atoms with Crippen LogP contribution in [-0.4, -0.2) is 15.8 Å². The van der Waals surface area contributed by atoms with Crippen molar-refractivity contribution in [3.63, 3.8) is 0 Å². The van der Waals surface area contributed by atoms with Crippen molar-refractivity contribution in [1.29, 1.82) is 0 Å². The molecule has 1 heterocycles. The Hall–Kier alpha value is -1.22. The van der Waals surface area contributed by atoms with E-state index in [2.05, 4.69) is 47.0 Å². The van der Waals surface area contributed by atoms with Crippen molar-refractivity contribution in [3.05, 3.63) is 47.8 Å². The first-order valence-corrected chi connectivity index (χ1v) is 6.14. The number of hydrogen-bond donors (Lipinski definition) is 0. The molecule has 1 aromatic heterocycles. The van der Waals surface area contributed by atoms with Gasteiger partial charge in [-0.25, -0.2) is 4.98 Å². The van der Waals surface area contributed by atoms with Gasteiger partial charge < -0.3 is 4.57 Å². The van der Waals surface area contributed by atoms with Crippen molar-refractivity contribution in [2.24, 2.45) is 0 Å². The first-order chi connectivity index (χ1) is 7.31. The minimum Gasteiger partial charge on any atom is -0.319 e. The molecule has 0 fully saturated rings. The molecule has 0 unspecified atom stereocenters. The van der Waals surface area contributed by atoms with Crippen LogP contribution in [0.2, 0.25) is 0 Å². The minimum absolute atomic E-state index is 0.906. The highest BCUT2D eigenvalue weighted by molar-refractivity contribution is 7.98. The van der Waals surface area contributed by atoms with Crippen LogP contribution in [-0.2, 0) is 6.54 Å². The fourth-order valence-electron chi connectivity index (χ4n) is 1.56. The monoisotopic (exact) mass is 218 g/mol. The van der Waals surface area contributed by atoms with E-state index in [1.54, 1.807) is 11.8 Å². The topological polar surface area (TPSA) is 17.8 Å². The van der Waals surface area contributed by atoms with Crippen LogP contribution >= 0.6 is 11.8 Å². The van der Waals surface area contributed by atoms with Gasteiger partial charge in [-0.3, -0.25) is 0 Å². The molecule has 78 valence electrons. The minimum atomic E-state index is 0.906. The fraction of sp³-hybridized carbons (Fsp3) is 0.250. The van der Waals surface area contributed by atoms with Crippen LogP contribution in [0, 0.1) is 6.92 Å². The van der Waals surface area contributed by atoms with Crippen LogP contribution in [0.1, 0.15) is 11.3 Å². The van der Waals surface area contributed by atoms with Crippen molar-refractivity contribution in [3.8, 4) is 0 Å². The van der Waals surface area contributed by atoms with E-state index in [9.17, 15) is 0 Å². The summed E-state index contributed by atoms with van der Waals surface area (Å²) in [6.07, 6.45) is 3.98. The average Bonchev–Trinajstić information content (AvgIpc) is 2.62. The van der Waals surface area contributed by atoms with E-state index < -0.39 is 0 Å². The van der Waals surface area contributed by atoms with Crippen molar-refractivity contribution in [2.45, 2.75) is 18.6 Å².